The number of carboxylic acid groups (broad SMARTS) is 1. The van der Waals surface area contributed by atoms with Crippen LogP contribution in [-0.2, 0) is 16.0 Å². The Morgan fingerprint density at radius 2 is 1.82 bits per heavy atom. The fraction of sp³-hybridized carbons (Fsp3) is 0.556. The van der Waals surface area contributed by atoms with Crippen molar-refractivity contribution in [2.75, 3.05) is 6.54 Å². The second-order valence-corrected chi connectivity index (χ2v) is 6.03. The lowest BCUT2D eigenvalue weighted by Crippen LogP contribution is -2.44. The Morgan fingerprint density at radius 3 is 2.55 bits per heavy atom. The van der Waals surface area contributed by atoms with Gasteiger partial charge in [-0.05, 0) is 44.1 Å². The molecule has 0 aliphatic carbocycles. The largest absolute Gasteiger partial charge is 0.481 e. The molecule has 1 aliphatic rings. The van der Waals surface area contributed by atoms with Crippen molar-refractivity contribution in [2.45, 2.75) is 57.4 Å². The Labute approximate surface area is 132 Å². The van der Waals surface area contributed by atoms with Crippen LogP contribution in [0.4, 0.5) is 0 Å². The van der Waals surface area contributed by atoms with Gasteiger partial charge in [0.05, 0.1) is 0 Å². The number of carboxylic acids is 1. The molecule has 1 atom stereocenters. The molecule has 1 aliphatic heterocycles. The lowest BCUT2D eigenvalue weighted by molar-refractivity contribution is -0.138. The highest BCUT2D eigenvalue weighted by molar-refractivity contribution is 5.76. The van der Waals surface area contributed by atoms with Gasteiger partial charge in [0.1, 0.15) is 0 Å². The summed E-state index contributed by atoms with van der Waals surface area (Å²) in [7, 11) is 0. The maximum atomic E-state index is 12.4. The lowest BCUT2D eigenvalue weighted by atomic mass is 9.95. The molecular weight excluding hydrogens is 278 g/mol. The predicted molar refractivity (Wildman–Crippen MR) is 85.6 cm³/mol. The molecule has 0 radical (unpaired) electrons. The van der Waals surface area contributed by atoms with Crippen molar-refractivity contribution in [2.24, 2.45) is 0 Å². The van der Waals surface area contributed by atoms with Crippen LogP contribution in [0.2, 0.25) is 0 Å². The second kappa shape index (κ2) is 8.57. The number of hydrogen-bond acceptors (Lipinski definition) is 2. The van der Waals surface area contributed by atoms with Crippen LogP contribution < -0.4 is 0 Å². The minimum Gasteiger partial charge on any atom is -0.481 e. The van der Waals surface area contributed by atoms with E-state index in [1.807, 2.05) is 23.1 Å². The molecule has 0 saturated carbocycles. The molecule has 1 fully saturated rings. The summed E-state index contributed by atoms with van der Waals surface area (Å²) in [4.78, 5) is 25.0. The molecular formula is C18H25NO3. The van der Waals surface area contributed by atoms with Crippen LogP contribution in [0.3, 0.4) is 0 Å². The van der Waals surface area contributed by atoms with Gasteiger partial charge in [-0.2, -0.15) is 0 Å². The minimum absolute atomic E-state index is 0.153. The maximum Gasteiger partial charge on any atom is 0.303 e. The van der Waals surface area contributed by atoms with Crippen molar-refractivity contribution >= 4 is 11.9 Å². The van der Waals surface area contributed by atoms with Gasteiger partial charge < -0.3 is 10.0 Å². The number of piperidine rings is 1. The van der Waals surface area contributed by atoms with Gasteiger partial charge in [-0.1, -0.05) is 30.3 Å². The number of unbranched alkanes of at least 4 members (excludes halogenated alkanes) is 1. The third-order valence-corrected chi connectivity index (χ3v) is 4.29. The highest BCUT2D eigenvalue weighted by atomic mass is 16.4. The van der Waals surface area contributed by atoms with E-state index in [4.69, 9.17) is 5.11 Å². The number of aliphatic carboxylic acids is 1. The van der Waals surface area contributed by atoms with Crippen LogP contribution in [0.25, 0.3) is 0 Å². The number of carbonyl (C=O) groups is 2. The fourth-order valence-corrected chi connectivity index (χ4v) is 3.12. The Balaban J connectivity index is 1.86. The summed E-state index contributed by atoms with van der Waals surface area (Å²) >= 11 is 0. The molecule has 1 aromatic rings. The maximum absolute atomic E-state index is 12.4. The SMILES string of the molecule is O=C(O)CCCCC(=O)N1CCCCC1Cc1ccccc1. The van der Waals surface area contributed by atoms with E-state index in [-0.39, 0.29) is 12.3 Å². The molecule has 120 valence electrons. The first-order valence-corrected chi connectivity index (χ1v) is 8.22. The number of amides is 1. The van der Waals surface area contributed by atoms with E-state index >= 15 is 0 Å². The van der Waals surface area contributed by atoms with Crippen LogP contribution in [0.5, 0.6) is 0 Å². The Morgan fingerprint density at radius 1 is 1.09 bits per heavy atom. The Hall–Kier alpha value is -1.84. The molecule has 0 aromatic heterocycles. The summed E-state index contributed by atoms with van der Waals surface area (Å²) < 4.78 is 0. The highest BCUT2D eigenvalue weighted by Gasteiger charge is 2.26. The average molecular weight is 303 g/mol. The molecule has 1 saturated heterocycles. The number of carbonyl (C=O) groups excluding carboxylic acids is 1. The second-order valence-electron chi connectivity index (χ2n) is 6.03. The molecule has 4 nitrogen and oxygen atoms in total. The van der Waals surface area contributed by atoms with Crippen molar-refractivity contribution in [1.82, 2.24) is 4.90 Å². The fourth-order valence-electron chi connectivity index (χ4n) is 3.12. The average Bonchev–Trinajstić information content (AvgIpc) is 2.53. The Kier molecular flexibility index (Phi) is 6.44. The lowest BCUT2D eigenvalue weighted by Gasteiger charge is -2.36. The molecule has 2 rings (SSSR count). The van der Waals surface area contributed by atoms with Crippen LogP contribution in [-0.4, -0.2) is 34.5 Å². The van der Waals surface area contributed by atoms with Crippen LogP contribution in [0.15, 0.2) is 30.3 Å². The van der Waals surface area contributed by atoms with E-state index in [2.05, 4.69) is 12.1 Å². The van der Waals surface area contributed by atoms with Gasteiger partial charge in [0.25, 0.3) is 0 Å². The first-order chi connectivity index (χ1) is 10.7. The van der Waals surface area contributed by atoms with Gasteiger partial charge in [-0.25, -0.2) is 0 Å². The third-order valence-electron chi connectivity index (χ3n) is 4.29. The molecule has 0 spiro atoms. The van der Waals surface area contributed by atoms with E-state index < -0.39 is 5.97 Å². The predicted octanol–water partition coefficient (Wildman–Crippen LogP) is 3.26. The summed E-state index contributed by atoms with van der Waals surface area (Å²) in [5, 5.41) is 8.64. The van der Waals surface area contributed by atoms with Gasteiger partial charge in [0.15, 0.2) is 0 Å². The molecule has 1 N–H and O–H groups in total. The summed E-state index contributed by atoms with van der Waals surface area (Å²) in [6.07, 6.45) is 6.11. The van der Waals surface area contributed by atoms with Gasteiger partial charge in [0, 0.05) is 25.4 Å². The molecule has 1 unspecified atom stereocenters. The van der Waals surface area contributed by atoms with Crippen molar-refractivity contribution in [1.29, 1.82) is 0 Å². The number of nitrogens with zero attached hydrogens (tertiary/aromatic N) is 1. The first-order valence-electron chi connectivity index (χ1n) is 8.22. The van der Waals surface area contributed by atoms with Crippen molar-refractivity contribution < 1.29 is 14.7 Å². The van der Waals surface area contributed by atoms with E-state index in [0.717, 1.165) is 25.8 Å². The summed E-state index contributed by atoms with van der Waals surface area (Å²) in [6.45, 7) is 0.843. The zero-order valence-corrected chi connectivity index (χ0v) is 13.0. The number of benzene rings is 1. The summed E-state index contributed by atoms with van der Waals surface area (Å²) in [5.74, 6) is -0.599. The molecule has 1 aromatic carbocycles. The number of hydrogen-bond donors (Lipinski definition) is 1. The van der Waals surface area contributed by atoms with Gasteiger partial charge in [-0.3, -0.25) is 9.59 Å². The quantitative estimate of drug-likeness (QED) is 0.787. The summed E-state index contributed by atoms with van der Waals surface area (Å²) in [5.41, 5.74) is 1.28. The van der Waals surface area contributed by atoms with Crippen LogP contribution >= 0.6 is 0 Å². The molecule has 0 bridgehead atoms. The zero-order valence-electron chi connectivity index (χ0n) is 13.0. The summed E-state index contributed by atoms with van der Waals surface area (Å²) in [6, 6.07) is 10.6. The topological polar surface area (TPSA) is 57.6 Å². The number of likely N-dealkylation sites (tertiary alicyclic amines) is 1. The minimum atomic E-state index is -0.785. The van der Waals surface area contributed by atoms with Gasteiger partial charge in [0.2, 0.25) is 5.91 Å². The third kappa shape index (κ3) is 5.17. The van der Waals surface area contributed by atoms with Gasteiger partial charge >= 0.3 is 5.97 Å². The van der Waals surface area contributed by atoms with Crippen molar-refractivity contribution in [3.05, 3.63) is 35.9 Å². The highest BCUT2D eigenvalue weighted by Crippen LogP contribution is 2.22. The van der Waals surface area contributed by atoms with Gasteiger partial charge in [-0.15, -0.1) is 0 Å². The monoisotopic (exact) mass is 303 g/mol. The van der Waals surface area contributed by atoms with Crippen LogP contribution in [0, 0.1) is 0 Å². The van der Waals surface area contributed by atoms with E-state index in [9.17, 15) is 9.59 Å². The van der Waals surface area contributed by atoms with E-state index in [1.54, 1.807) is 0 Å². The molecule has 4 heteroatoms. The number of rotatable bonds is 7. The molecule has 22 heavy (non-hydrogen) atoms. The smallest absolute Gasteiger partial charge is 0.303 e. The zero-order chi connectivity index (χ0) is 15.8. The molecule has 1 amide bonds. The van der Waals surface area contributed by atoms with E-state index in [0.29, 0.717) is 25.3 Å². The standard InChI is InChI=1S/C18H25NO3/c20-17(11-4-5-12-18(21)22)19-13-7-6-10-16(19)14-15-8-2-1-3-9-15/h1-3,8-9,16H,4-7,10-14H2,(H,21,22). The Bertz CT molecular complexity index is 486. The first kappa shape index (κ1) is 16.5. The van der Waals surface area contributed by atoms with Crippen molar-refractivity contribution in [3.63, 3.8) is 0 Å². The van der Waals surface area contributed by atoms with Crippen molar-refractivity contribution in [3.8, 4) is 0 Å². The van der Waals surface area contributed by atoms with E-state index in [1.165, 1.54) is 12.0 Å². The molecule has 1 heterocycles. The van der Waals surface area contributed by atoms with Crippen LogP contribution in [0.1, 0.15) is 50.5 Å². The normalized spacial score (nSPS) is 18.2.